The summed E-state index contributed by atoms with van der Waals surface area (Å²) >= 11 is 2.91. The standard InChI is InChI=1S/C18H19N3O3S2/c1-11(2)16(14-6-4-8-25-14)20-15(22)9-12-10-26-18(19-12)21-17(23)13-5-3-7-24-13/h3-8,10-11,16H,9H2,1-2H3,(H,20,22)(H,19,21,23). The molecule has 8 heteroatoms. The van der Waals surface area contributed by atoms with Gasteiger partial charge in [0.1, 0.15) is 0 Å². The molecule has 2 amide bonds. The van der Waals surface area contributed by atoms with Gasteiger partial charge in [0.25, 0.3) is 5.91 Å². The largest absolute Gasteiger partial charge is 0.459 e. The van der Waals surface area contributed by atoms with Gasteiger partial charge in [-0.05, 0) is 29.5 Å². The van der Waals surface area contributed by atoms with Gasteiger partial charge in [0, 0.05) is 10.3 Å². The first-order chi connectivity index (χ1) is 12.5. The molecule has 0 aliphatic heterocycles. The van der Waals surface area contributed by atoms with Gasteiger partial charge in [0.05, 0.1) is 24.4 Å². The Balaban J connectivity index is 1.58. The fourth-order valence-electron chi connectivity index (χ4n) is 2.44. The number of carbonyl (C=O) groups is 2. The van der Waals surface area contributed by atoms with Crippen LogP contribution in [0.4, 0.5) is 5.13 Å². The molecule has 3 aromatic rings. The number of carbonyl (C=O) groups excluding carboxylic acids is 2. The van der Waals surface area contributed by atoms with E-state index in [4.69, 9.17) is 4.42 Å². The van der Waals surface area contributed by atoms with E-state index >= 15 is 0 Å². The Morgan fingerprint density at radius 1 is 1.23 bits per heavy atom. The van der Waals surface area contributed by atoms with E-state index in [9.17, 15) is 9.59 Å². The van der Waals surface area contributed by atoms with Gasteiger partial charge in [-0.25, -0.2) is 4.98 Å². The summed E-state index contributed by atoms with van der Waals surface area (Å²) in [5, 5.41) is 9.95. The van der Waals surface area contributed by atoms with Crippen LogP contribution in [0.15, 0.2) is 45.7 Å². The SMILES string of the molecule is CC(C)C(NC(=O)Cc1csc(NC(=O)c2ccco2)n1)c1cccs1. The molecule has 0 spiro atoms. The highest BCUT2D eigenvalue weighted by Crippen LogP contribution is 2.26. The molecule has 3 heterocycles. The average Bonchev–Trinajstić information content (AvgIpc) is 3.35. The Kier molecular flexibility index (Phi) is 5.85. The molecule has 0 saturated heterocycles. The van der Waals surface area contributed by atoms with Gasteiger partial charge >= 0.3 is 0 Å². The van der Waals surface area contributed by atoms with Gasteiger partial charge in [0.2, 0.25) is 5.91 Å². The first-order valence-electron chi connectivity index (χ1n) is 8.15. The van der Waals surface area contributed by atoms with Crippen molar-refractivity contribution >= 4 is 39.6 Å². The molecule has 1 atom stereocenters. The van der Waals surface area contributed by atoms with Gasteiger partial charge in [-0.15, -0.1) is 22.7 Å². The number of furan rings is 1. The number of nitrogens with one attached hydrogen (secondary N) is 2. The summed E-state index contributed by atoms with van der Waals surface area (Å²) in [4.78, 5) is 29.8. The Morgan fingerprint density at radius 3 is 2.73 bits per heavy atom. The van der Waals surface area contributed by atoms with Crippen LogP contribution in [0.1, 0.15) is 41.0 Å². The zero-order valence-corrected chi connectivity index (χ0v) is 16.0. The topological polar surface area (TPSA) is 84.2 Å². The Bertz CT molecular complexity index is 854. The lowest BCUT2D eigenvalue weighted by Gasteiger charge is -2.21. The van der Waals surface area contributed by atoms with Crippen LogP contribution in [0.2, 0.25) is 0 Å². The fraction of sp³-hybridized carbons (Fsp3) is 0.278. The van der Waals surface area contributed by atoms with E-state index in [0.29, 0.717) is 10.8 Å². The number of anilines is 1. The van der Waals surface area contributed by atoms with Crippen molar-refractivity contribution in [2.75, 3.05) is 5.32 Å². The van der Waals surface area contributed by atoms with Crippen LogP contribution in [-0.2, 0) is 11.2 Å². The number of amides is 2. The van der Waals surface area contributed by atoms with Crippen molar-refractivity contribution in [1.29, 1.82) is 0 Å². The van der Waals surface area contributed by atoms with E-state index in [1.807, 2.05) is 17.5 Å². The molecule has 2 N–H and O–H groups in total. The molecule has 3 rings (SSSR count). The molecule has 0 radical (unpaired) electrons. The van der Waals surface area contributed by atoms with E-state index in [1.54, 1.807) is 28.8 Å². The molecule has 3 aromatic heterocycles. The monoisotopic (exact) mass is 389 g/mol. The maximum Gasteiger partial charge on any atom is 0.293 e. The molecule has 0 fully saturated rings. The van der Waals surface area contributed by atoms with Gasteiger partial charge in [-0.1, -0.05) is 19.9 Å². The van der Waals surface area contributed by atoms with Crippen molar-refractivity contribution in [2.45, 2.75) is 26.3 Å². The molecule has 0 aliphatic rings. The van der Waals surface area contributed by atoms with Crippen LogP contribution >= 0.6 is 22.7 Å². The molecule has 6 nitrogen and oxygen atoms in total. The van der Waals surface area contributed by atoms with Crippen molar-refractivity contribution < 1.29 is 14.0 Å². The van der Waals surface area contributed by atoms with E-state index in [-0.39, 0.29) is 36.0 Å². The van der Waals surface area contributed by atoms with Crippen LogP contribution < -0.4 is 10.6 Å². The summed E-state index contributed by atoms with van der Waals surface area (Å²) in [6.07, 6.45) is 1.60. The maximum absolute atomic E-state index is 12.4. The number of aromatic nitrogens is 1. The molecular formula is C18H19N3O3S2. The second kappa shape index (κ2) is 8.29. The number of hydrogen-bond donors (Lipinski definition) is 2. The third-order valence-electron chi connectivity index (χ3n) is 3.69. The summed E-state index contributed by atoms with van der Waals surface area (Å²) in [6.45, 7) is 4.16. The van der Waals surface area contributed by atoms with Crippen molar-refractivity contribution in [3.05, 3.63) is 57.6 Å². The molecular weight excluding hydrogens is 370 g/mol. The van der Waals surface area contributed by atoms with Gasteiger partial charge < -0.3 is 9.73 Å². The summed E-state index contributed by atoms with van der Waals surface area (Å²) < 4.78 is 5.04. The Hall–Kier alpha value is -2.45. The molecule has 0 bridgehead atoms. The van der Waals surface area contributed by atoms with Crippen LogP contribution in [0.5, 0.6) is 0 Å². The van der Waals surface area contributed by atoms with E-state index < -0.39 is 0 Å². The lowest BCUT2D eigenvalue weighted by molar-refractivity contribution is -0.121. The predicted octanol–water partition coefficient (Wildman–Crippen LogP) is 4.11. The summed E-state index contributed by atoms with van der Waals surface area (Å²) in [5.74, 6) is 0.0515. The van der Waals surface area contributed by atoms with E-state index in [1.165, 1.54) is 17.6 Å². The minimum absolute atomic E-state index is 0.0146. The first kappa shape index (κ1) is 18.3. The first-order valence-corrected chi connectivity index (χ1v) is 9.91. The highest BCUT2D eigenvalue weighted by molar-refractivity contribution is 7.14. The fourth-order valence-corrected chi connectivity index (χ4v) is 4.09. The second-order valence-corrected chi connectivity index (χ2v) is 7.89. The number of hydrogen-bond acceptors (Lipinski definition) is 6. The van der Waals surface area contributed by atoms with Gasteiger partial charge in [-0.2, -0.15) is 0 Å². The van der Waals surface area contributed by atoms with E-state index in [0.717, 1.165) is 4.88 Å². The third-order valence-corrected chi connectivity index (χ3v) is 5.45. The Morgan fingerprint density at radius 2 is 2.08 bits per heavy atom. The zero-order chi connectivity index (χ0) is 18.5. The van der Waals surface area contributed by atoms with E-state index in [2.05, 4.69) is 29.5 Å². The normalized spacial score (nSPS) is 12.1. The number of thiophene rings is 1. The van der Waals surface area contributed by atoms with Crippen molar-refractivity contribution in [3.8, 4) is 0 Å². The minimum atomic E-state index is -0.363. The predicted molar refractivity (Wildman–Crippen MR) is 103 cm³/mol. The quantitative estimate of drug-likeness (QED) is 0.637. The number of thiazole rings is 1. The van der Waals surface area contributed by atoms with Gasteiger partial charge in [-0.3, -0.25) is 14.9 Å². The molecule has 0 saturated carbocycles. The summed E-state index contributed by atoms with van der Waals surface area (Å²) in [6, 6.07) is 7.22. The molecule has 0 aromatic carbocycles. The van der Waals surface area contributed by atoms with Crippen LogP contribution in [0.3, 0.4) is 0 Å². The van der Waals surface area contributed by atoms with Crippen LogP contribution in [0, 0.1) is 5.92 Å². The Labute approximate surface area is 159 Å². The third kappa shape index (κ3) is 4.59. The van der Waals surface area contributed by atoms with Crippen molar-refractivity contribution in [2.24, 2.45) is 5.92 Å². The van der Waals surface area contributed by atoms with Crippen molar-refractivity contribution in [1.82, 2.24) is 10.3 Å². The highest BCUT2D eigenvalue weighted by atomic mass is 32.1. The van der Waals surface area contributed by atoms with Gasteiger partial charge in [0.15, 0.2) is 10.9 Å². The molecule has 0 aliphatic carbocycles. The number of nitrogens with zero attached hydrogens (tertiary/aromatic N) is 1. The summed E-state index contributed by atoms with van der Waals surface area (Å²) in [5.41, 5.74) is 0.621. The molecule has 1 unspecified atom stereocenters. The summed E-state index contributed by atoms with van der Waals surface area (Å²) in [7, 11) is 0. The molecule has 136 valence electrons. The van der Waals surface area contributed by atoms with Crippen LogP contribution in [-0.4, -0.2) is 16.8 Å². The highest BCUT2D eigenvalue weighted by Gasteiger charge is 2.20. The average molecular weight is 390 g/mol. The number of rotatable bonds is 7. The lowest BCUT2D eigenvalue weighted by Crippen LogP contribution is -2.32. The lowest BCUT2D eigenvalue weighted by atomic mass is 10.0. The smallest absolute Gasteiger partial charge is 0.293 e. The minimum Gasteiger partial charge on any atom is -0.459 e. The second-order valence-electron chi connectivity index (χ2n) is 6.06. The maximum atomic E-state index is 12.4. The van der Waals surface area contributed by atoms with Crippen LogP contribution in [0.25, 0.3) is 0 Å². The zero-order valence-electron chi connectivity index (χ0n) is 14.4. The molecule has 26 heavy (non-hydrogen) atoms. The van der Waals surface area contributed by atoms with Crippen molar-refractivity contribution in [3.63, 3.8) is 0 Å².